The van der Waals surface area contributed by atoms with Gasteiger partial charge in [-0.2, -0.15) is 0 Å². The van der Waals surface area contributed by atoms with Crippen molar-refractivity contribution < 1.29 is 15.0 Å². The molecule has 1 aromatic rings. The first-order valence-electron chi connectivity index (χ1n) is 6.25. The third kappa shape index (κ3) is 3.47. The smallest absolute Gasteiger partial charge is 0.176 e. The molecular formula is C14H21NO3. The predicted molar refractivity (Wildman–Crippen MR) is 71.1 cm³/mol. The Bertz CT molecular complexity index is 414. The average molecular weight is 251 g/mol. The van der Waals surface area contributed by atoms with Crippen LogP contribution in [0.25, 0.3) is 0 Å². The minimum atomic E-state index is -0.258. The molecule has 4 heteroatoms. The van der Waals surface area contributed by atoms with E-state index < -0.39 is 0 Å². The van der Waals surface area contributed by atoms with E-state index in [9.17, 15) is 15.0 Å². The molecule has 0 aliphatic carbocycles. The molecule has 0 atom stereocenters. The summed E-state index contributed by atoms with van der Waals surface area (Å²) in [5.41, 5.74) is 0.420. The van der Waals surface area contributed by atoms with Crippen molar-refractivity contribution in [2.24, 2.45) is 0 Å². The van der Waals surface area contributed by atoms with Gasteiger partial charge in [-0.1, -0.05) is 13.8 Å². The molecule has 0 aromatic heterocycles. The molecule has 0 saturated carbocycles. The van der Waals surface area contributed by atoms with Gasteiger partial charge in [-0.15, -0.1) is 0 Å². The molecular weight excluding hydrogens is 230 g/mol. The number of benzene rings is 1. The van der Waals surface area contributed by atoms with Crippen LogP contribution in [-0.4, -0.2) is 40.5 Å². The van der Waals surface area contributed by atoms with Crippen molar-refractivity contribution in [2.75, 3.05) is 13.6 Å². The monoisotopic (exact) mass is 251 g/mol. The second kappa shape index (κ2) is 6.40. The van der Waals surface area contributed by atoms with Crippen LogP contribution in [0.2, 0.25) is 0 Å². The molecule has 0 fully saturated rings. The second-order valence-corrected chi connectivity index (χ2v) is 4.51. The number of ketones is 1. The van der Waals surface area contributed by atoms with Gasteiger partial charge >= 0.3 is 0 Å². The van der Waals surface area contributed by atoms with E-state index in [2.05, 4.69) is 13.8 Å². The number of phenolic OH excluding ortho intramolecular Hbond substituents is 2. The first-order valence-corrected chi connectivity index (χ1v) is 6.25. The number of phenols is 2. The summed E-state index contributed by atoms with van der Waals surface area (Å²) < 4.78 is 0. The predicted octanol–water partition coefficient (Wildman–Crippen LogP) is 2.40. The lowest BCUT2D eigenvalue weighted by Gasteiger charge is -2.25. The van der Waals surface area contributed by atoms with Gasteiger partial charge in [0.05, 0.1) is 6.54 Å². The zero-order chi connectivity index (χ0) is 13.7. The number of likely N-dealkylation sites (N-methyl/N-ethyl adjacent to an activating group) is 1. The highest BCUT2D eigenvalue weighted by Gasteiger charge is 2.16. The summed E-state index contributed by atoms with van der Waals surface area (Å²) in [5.74, 6) is -0.523. The van der Waals surface area contributed by atoms with Crippen LogP contribution in [0.1, 0.15) is 37.0 Å². The maximum absolute atomic E-state index is 12.0. The number of Topliss-reactive ketones (excluding diaryl/α,β-unsaturated/α-hetero) is 1. The summed E-state index contributed by atoms with van der Waals surface area (Å²) in [4.78, 5) is 14.0. The zero-order valence-electron chi connectivity index (χ0n) is 11.2. The summed E-state index contributed by atoms with van der Waals surface area (Å²) >= 11 is 0. The maximum Gasteiger partial charge on any atom is 0.176 e. The van der Waals surface area contributed by atoms with Crippen molar-refractivity contribution in [1.82, 2.24) is 4.90 Å². The lowest BCUT2D eigenvalue weighted by atomic mass is 10.1. The van der Waals surface area contributed by atoms with Gasteiger partial charge in [0.1, 0.15) is 0 Å². The molecule has 4 nitrogen and oxygen atoms in total. The molecule has 0 aliphatic heterocycles. The van der Waals surface area contributed by atoms with Crippen molar-refractivity contribution in [3.8, 4) is 11.5 Å². The Kier molecular flexibility index (Phi) is 5.16. The van der Waals surface area contributed by atoms with Gasteiger partial charge in [0.2, 0.25) is 0 Å². The van der Waals surface area contributed by atoms with Crippen LogP contribution in [0.4, 0.5) is 0 Å². The summed E-state index contributed by atoms with van der Waals surface area (Å²) in [6.45, 7) is 4.51. The molecule has 1 aromatic carbocycles. The second-order valence-electron chi connectivity index (χ2n) is 4.51. The maximum atomic E-state index is 12.0. The topological polar surface area (TPSA) is 60.8 Å². The Morgan fingerprint density at radius 2 is 1.83 bits per heavy atom. The van der Waals surface area contributed by atoms with Gasteiger partial charge in [-0.05, 0) is 38.1 Å². The molecule has 100 valence electrons. The van der Waals surface area contributed by atoms with Crippen molar-refractivity contribution in [1.29, 1.82) is 0 Å². The number of rotatable bonds is 6. The van der Waals surface area contributed by atoms with Gasteiger partial charge in [0, 0.05) is 11.6 Å². The third-order valence-corrected chi connectivity index (χ3v) is 3.26. The highest BCUT2D eigenvalue weighted by Crippen LogP contribution is 2.25. The summed E-state index contributed by atoms with van der Waals surface area (Å²) in [7, 11) is 1.93. The van der Waals surface area contributed by atoms with Crippen molar-refractivity contribution in [3.63, 3.8) is 0 Å². The fraction of sp³-hybridized carbons (Fsp3) is 0.500. The Balaban J connectivity index is 2.73. The quantitative estimate of drug-likeness (QED) is 0.602. The van der Waals surface area contributed by atoms with Gasteiger partial charge < -0.3 is 10.2 Å². The average Bonchev–Trinajstić information content (AvgIpc) is 2.34. The lowest BCUT2D eigenvalue weighted by Crippen LogP contribution is -2.35. The minimum absolute atomic E-state index is 0.0558. The third-order valence-electron chi connectivity index (χ3n) is 3.26. The van der Waals surface area contributed by atoms with E-state index in [0.29, 0.717) is 18.2 Å². The molecule has 2 N–H and O–H groups in total. The van der Waals surface area contributed by atoms with Crippen LogP contribution in [-0.2, 0) is 0 Å². The molecule has 0 heterocycles. The van der Waals surface area contributed by atoms with E-state index in [0.717, 1.165) is 12.8 Å². The van der Waals surface area contributed by atoms with Crippen LogP contribution in [0, 0.1) is 0 Å². The summed E-state index contributed by atoms with van der Waals surface area (Å²) in [6, 6.07) is 4.55. The highest BCUT2D eigenvalue weighted by atomic mass is 16.3. The number of nitrogens with zero attached hydrogens (tertiary/aromatic N) is 1. The van der Waals surface area contributed by atoms with Crippen molar-refractivity contribution in [3.05, 3.63) is 23.8 Å². The van der Waals surface area contributed by atoms with Gasteiger partial charge in [-0.3, -0.25) is 9.69 Å². The molecule has 0 radical (unpaired) electrons. The van der Waals surface area contributed by atoms with E-state index in [1.807, 2.05) is 11.9 Å². The standard InChI is InChI=1S/C14H21NO3/c1-4-11(5-2)15(3)9-14(18)10-6-7-12(16)13(17)8-10/h6-8,11,16-17H,4-5,9H2,1-3H3. The van der Waals surface area contributed by atoms with Crippen LogP contribution in [0.5, 0.6) is 11.5 Å². The molecule has 0 saturated heterocycles. The van der Waals surface area contributed by atoms with Crippen LogP contribution < -0.4 is 0 Å². The van der Waals surface area contributed by atoms with E-state index in [1.165, 1.54) is 18.2 Å². The zero-order valence-corrected chi connectivity index (χ0v) is 11.2. The number of carbonyl (C=O) groups is 1. The SMILES string of the molecule is CCC(CC)N(C)CC(=O)c1ccc(O)c(O)c1. The lowest BCUT2D eigenvalue weighted by molar-refractivity contribution is 0.0915. The summed E-state index contributed by atoms with van der Waals surface area (Å²) in [5, 5.41) is 18.6. The Morgan fingerprint density at radius 1 is 1.22 bits per heavy atom. The molecule has 0 aliphatic rings. The van der Waals surface area contributed by atoms with Crippen molar-refractivity contribution in [2.45, 2.75) is 32.7 Å². The number of hydrogen-bond acceptors (Lipinski definition) is 4. The normalized spacial score (nSPS) is 11.2. The number of carbonyl (C=O) groups excluding carboxylic acids is 1. The Hall–Kier alpha value is -1.55. The highest BCUT2D eigenvalue weighted by molar-refractivity contribution is 5.98. The number of hydrogen-bond donors (Lipinski definition) is 2. The van der Waals surface area contributed by atoms with E-state index in [1.54, 1.807) is 0 Å². The molecule has 1 rings (SSSR count). The summed E-state index contributed by atoms with van der Waals surface area (Å²) in [6.07, 6.45) is 2.00. The Morgan fingerprint density at radius 3 is 2.33 bits per heavy atom. The molecule has 0 unspecified atom stereocenters. The van der Waals surface area contributed by atoms with Crippen LogP contribution in [0.15, 0.2) is 18.2 Å². The van der Waals surface area contributed by atoms with E-state index in [-0.39, 0.29) is 17.3 Å². The molecule has 0 spiro atoms. The van der Waals surface area contributed by atoms with Gasteiger partial charge in [0.15, 0.2) is 17.3 Å². The Labute approximate surface area is 108 Å². The van der Waals surface area contributed by atoms with Crippen LogP contribution >= 0.6 is 0 Å². The minimum Gasteiger partial charge on any atom is -0.504 e. The fourth-order valence-corrected chi connectivity index (χ4v) is 2.06. The molecule has 0 bridgehead atoms. The van der Waals surface area contributed by atoms with Gasteiger partial charge in [0.25, 0.3) is 0 Å². The van der Waals surface area contributed by atoms with Gasteiger partial charge in [-0.25, -0.2) is 0 Å². The van der Waals surface area contributed by atoms with Crippen molar-refractivity contribution >= 4 is 5.78 Å². The van der Waals surface area contributed by atoms with E-state index >= 15 is 0 Å². The largest absolute Gasteiger partial charge is 0.504 e. The fourth-order valence-electron chi connectivity index (χ4n) is 2.06. The molecule has 0 amide bonds. The first-order chi connectivity index (χ1) is 8.49. The molecule has 18 heavy (non-hydrogen) atoms. The van der Waals surface area contributed by atoms with E-state index in [4.69, 9.17) is 0 Å². The first kappa shape index (κ1) is 14.5. The number of aromatic hydroxyl groups is 2. The van der Waals surface area contributed by atoms with Crippen LogP contribution in [0.3, 0.4) is 0 Å².